The molecule has 3 heteroatoms. The molecule has 2 atom stereocenters. The summed E-state index contributed by atoms with van der Waals surface area (Å²) in [4.78, 5) is 34.8. The second-order valence-corrected chi connectivity index (χ2v) is 5.52. The Balaban J connectivity index is 2.95. The van der Waals surface area contributed by atoms with Crippen molar-refractivity contribution in [3.63, 3.8) is 0 Å². The minimum atomic E-state index is -0.390. The van der Waals surface area contributed by atoms with E-state index in [2.05, 4.69) is 0 Å². The third kappa shape index (κ3) is 2.57. The zero-order valence-corrected chi connectivity index (χ0v) is 10.5. The maximum Gasteiger partial charge on any atom is 0.142 e. The lowest BCUT2D eigenvalue weighted by Gasteiger charge is -2.37. The van der Waals surface area contributed by atoms with Crippen molar-refractivity contribution in [2.75, 3.05) is 0 Å². The Kier molecular flexibility index (Phi) is 3.66. The Morgan fingerprint density at radius 1 is 1.31 bits per heavy atom. The molecule has 0 aromatic rings. The molecule has 90 valence electrons. The van der Waals surface area contributed by atoms with Gasteiger partial charge in [0.1, 0.15) is 17.3 Å². The van der Waals surface area contributed by atoms with Crippen LogP contribution in [0.3, 0.4) is 0 Å². The van der Waals surface area contributed by atoms with E-state index in [1.165, 1.54) is 13.8 Å². The Morgan fingerprint density at radius 3 is 2.31 bits per heavy atom. The third-order valence-electron chi connectivity index (χ3n) is 3.60. The van der Waals surface area contributed by atoms with Crippen LogP contribution in [0.25, 0.3) is 0 Å². The van der Waals surface area contributed by atoms with E-state index < -0.39 is 5.92 Å². The lowest BCUT2D eigenvalue weighted by atomic mass is 9.64. The van der Waals surface area contributed by atoms with Gasteiger partial charge in [0.25, 0.3) is 0 Å². The van der Waals surface area contributed by atoms with E-state index >= 15 is 0 Å². The molecule has 0 saturated heterocycles. The smallest absolute Gasteiger partial charge is 0.142 e. The molecular formula is C13H20O3. The Hall–Kier alpha value is -0.990. The van der Waals surface area contributed by atoms with Gasteiger partial charge in [0.05, 0.1) is 0 Å². The van der Waals surface area contributed by atoms with E-state index in [4.69, 9.17) is 0 Å². The summed E-state index contributed by atoms with van der Waals surface area (Å²) in [5.41, 5.74) is -0.383. The van der Waals surface area contributed by atoms with Crippen molar-refractivity contribution in [3.8, 4) is 0 Å². The van der Waals surface area contributed by atoms with Gasteiger partial charge in [-0.1, -0.05) is 13.8 Å². The van der Waals surface area contributed by atoms with Crippen LogP contribution in [-0.4, -0.2) is 17.3 Å². The molecule has 0 spiro atoms. The number of carbonyl (C=O) groups is 3. The monoisotopic (exact) mass is 224 g/mol. The number of Topliss-reactive ketones (excluding diaryl/α,β-unsaturated/α-hetero) is 3. The average Bonchev–Trinajstić information content (AvgIpc) is 2.12. The van der Waals surface area contributed by atoms with Crippen molar-refractivity contribution in [1.29, 1.82) is 0 Å². The molecule has 0 aromatic carbocycles. The van der Waals surface area contributed by atoms with Crippen molar-refractivity contribution in [3.05, 3.63) is 0 Å². The molecule has 1 aliphatic carbocycles. The molecule has 1 saturated carbocycles. The normalized spacial score (nSPS) is 28.9. The highest BCUT2D eigenvalue weighted by atomic mass is 16.1. The number of rotatable bonds is 3. The van der Waals surface area contributed by atoms with Crippen LogP contribution in [0.2, 0.25) is 0 Å². The molecule has 0 unspecified atom stereocenters. The molecule has 0 bridgehead atoms. The summed E-state index contributed by atoms with van der Waals surface area (Å²) < 4.78 is 0. The van der Waals surface area contributed by atoms with Crippen molar-refractivity contribution >= 4 is 17.3 Å². The van der Waals surface area contributed by atoms with Crippen LogP contribution in [-0.2, 0) is 14.4 Å². The van der Waals surface area contributed by atoms with Crippen molar-refractivity contribution in [1.82, 2.24) is 0 Å². The third-order valence-corrected chi connectivity index (χ3v) is 3.60. The molecular weight excluding hydrogens is 204 g/mol. The van der Waals surface area contributed by atoms with Gasteiger partial charge in [-0.2, -0.15) is 0 Å². The first-order chi connectivity index (χ1) is 7.25. The second-order valence-electron chi connectivity index (χ2n) is 5.52. The molecule has 1 fully saturated rings. The zero-order valence-electron chi connectivity index (χ0n) is 10.5. The SMILES string of the molecule is CC(=O)C[C@@H]1C(=O)C(C)(C)CC[C@H]1C(C)=O. The van der Waals surface area contributed by atoms with Gasteiger partial charge < -0.3 is 4.79 Å². The number of hydrogen-bond acceptors (Lipinski definition) is 3. The fourth-order valence-electron chi connectivity index (χ4n) is 2.56. The number of ketones is 3. The highest BCUT2D eigenvalue weighted by Gasteiger charge is 2.44. The van der Waals surface area contributed by atoms with Gasteiger partial charge in [-0.15, -0.1) is 0 Å². The van der Waals surface area contributed by atoms with Crippen LogP contribution in [0.4, 0.5) is 0 Å². The fraction of sp³-hybridized carbons (Fsp3) is 0.769. The summed E-state index contributed by atoms with van der Waals surface area (Å²) in [5, 5.41) is 0. The topological polar surface area (TPSA) is 51.2 Å². The van der Waals surface area contributed by atoms with E-state index in [1.807, 2.05) is 13.8 Å². The molecule has 0 heterocycles. The maximum absolute atomic E-state index is 12.2. The lowest BCUT2D eigenvalue weighted by molar-refractivity contribution is -0.144. The van der Waals surface area contributed by atoms with Gasteiger partial charge in [-0.05, 0) is 26.7 Å². The van der Waals surface area contributed by atoms with Crippen LogP contribution >= 0.6 is 0 Å². The van der Waals surface area contributed by atoms with E-state index in [-0.39, 0.29) is 35.1 Å². The van der Waals surface area contributed by atoms with Crippen LogP contribution in [0.5, 0.6) is 0 Å². The van der Waals surface area contributed by atoms with Gasteiger partial charge in [-0.25, -0.2) is 0 Å². The summed E-state index contributed by atoms with van der Waals surface area (Å²) in [6.45, 7) is 6.80. The minimum absolute atomic E-state index is 0.0118. The first-order valence-corrected chi connectivity index (χ1v) is 5.80. The van der Waals surface area contributed by atoms with E-state index in [0.717, 1.165) is 12.8 Å². The highest BCUT2D eigenvalue weighted by Crippen LogP contribution is 2.40. The quantitative estimate of drug-likeness (QED) is 0.738. The Morgan fingerprint density at radius 2 is 1.88 bits per heavy atom. The molecule has 16 heavy (non-hydrogen) atoms. The molecule has 0 amide bonds. The molecule has 1 rings (SSSR count). The second kappa shape index (κ2) is 4.48. The molecule has 3 nitrogen and oxygen atoms in total. The van der Waals surface area contributed by atoms with Crippen molar-refractivity contribution in [2.24, 2.45) is 17.3 Å². The first-order valence-electron chi connectivity index (χ1n) is 5.80. The largest absolute Gasteiger partial charge is 0.300 e. The number of carbonyl (C=O) groups excluding carboxylic acids is 3. The minimum Gasteiger partial charge on any atom is -0.300 e. The summed E-state index contributed by atoms with van der Waals surface area (Å²) in [6, 6.07) is 0. The predicted molar refractivity (Wildman–Crippen MR) is 61.0 cm³/mol. The summed E-state index contributed by atoms with van der Waals surface area (Å²) in [7, 11) is 0. The van der Waals surface area contributed by atoms with Crippen molar-refractivity contribution in [2.45, 2.75) is 47.0 Å². The highest BCUT2D eigenvalue weighted by molar-refractivity contribution is 5.95. The Labute approximate surface area is 96.6 Å². The van der Waals surface area contributed by atoms with E-state index in [9.17, 15) is 14.4 Å². The van der Waals surface area contributed by atoms with Gasteiger partial charge in [0.15, 0.2) is 0 Å². The van der Waals surface area contributed by atoms with Gasteiger partial charge >= 0.3 is 0 Å². The molecule has 0 aliphatic heterocycles. The van der Waals surface area contributed by atoms with E-state index in [0.29, 0.717) is 0 Å². The average molecular weight is 224 g/mol. The standard InChI is InChI=1S/C13H20O3/c1-8(14)7-11-10(9(2)15)5-6-13(3,4)12(11)16/h10-11H,5-7H2,1-4H3/t10-,11-/m0/s1. The van der Waals surface area contributed by atoms with Gasteiger partial charge in [-0.3, -0.25) is 9.59 Å². The van der Waals surface area contributed by atoms with Crippen molar-refractivity contribution < 1.29 is 14.4 Å². The van der Waals surface area contributed by atoms with E-state index in [1.54, 1.807) is 0 Å². The summed E-state index contributed by atoms with van der Waals surface area (Å²) in [6.07, 6.45) is 1.68. The molecule has 0 aromatic heterocycles. The zero-order chi connectivity index (χ0) is 12.5. The molecule has 0 N–H and O–H groups in total. The molecule has 1 aliphatic rings. The lowest BCUT2D eigenvalue weighted by Crippen LogP contribution is -2.43. The first kappa shape index (κ1) is 13.1. The predicted octanol–water partition coefficient (Wildman–Crippen LogP) is 2.18. The van der Waals surface area contributed by atoms with Gasteiger partial charge in [0.2, 0.25) is 0 Å². The van der Waals surface area contributed by atoms with Crippen LogP contribution in [0, 0.1) is 17.3 Å². The fourth-order valence-corrected chi connectivity index (χ4v) is 2.56. The van der Waals surface area contributed by atoms with Crippen LogP contribution < -0.4 is 0 Å². The maximum atomic E-state index is 12.2. The van der Waals surface area contributed by atoms with Crippen LogP contribution in [0.1, 0.15) is 47.0 Å². The van der Waals surface area contributed by atoms with Crippen LogP contribution in [0.15, 0.2) is 0 Å². The summed E-state index contributed by atoms with van der Waals surface area (Å²) in [5.74, 6) is -0.533. The Bertz CT molecular complexity index is 328. The number of hydrogen-bond donors (Lipinski definition) is 0. The van der Waals surface area contributed by atoms with Gasteiger partial charge in [0, 0.05) is 23.7 Å². The summed E-state index contributed by atoms with van der Waals surface area (Å²) >= 11 is 0. The molecule has 0 radical (unpaired) electrons.